The minimum Gasteiger partial charge on any atom is -0.433 e. The van der Waals surface area contributed by atoms with Gasteiger partial charge in [-0.1, -0.05) is 18.2 Å². The van der Waals surface area contributed by atoms with Crippen molar-refractivity contribution in [3.05, 3.63) is 63.7 Å². The summed E-state index contributed by atoms with van der Waals surface area (Å²) in [5, 5.41) is 15.7. The number of hydrogen-bond acceptors (Lipinski definition) is 5. The second-order valence-corrected chi connectivity index (χ2v) is 5.40. The van der Waals surface area contributed by atoms with Crippen LogP contribution in [0.4, 0.5) is 20.2 Å². The van der Waals surface area contributed by atoms with Crippen molar-refractivity contribution in [1.82, 2.24) is 5.32 Å². The van der Waals surface area contributed by atoms with Gasteiger partial charge in [0.2, 0.25) is 0 Å². The predicted molar refractivity (Wildman–Crippen MR) is 94.6 cm³/mol. The Morgan fingerprint density at radius 1 is 1.23 bits per heavy atom. The molecule has 26 heavy (non-hydrogen) atoms. The lowest BCUT2D eigenvalue weighted by Crippen LogP contribution is -2.34. The molecule has 2 N–H and O–H groups in total. The molecule has 0 spiro atoms. The monoisotopic (exact) mass is 381 g/mol. The molecule has 10 heteroatoms. The molecule has 0 saturated carbocycles. The van der Waals surface area contributed by atoms with E-state index in [1.54, 1.807) is 6.07 Å². The van der Waals surface area contributed by atoms with Gasteiger partial charge in [-0.3, -0.25) is 20.2 Å². The first-order valence-corrected chi connectivity index (χ1v) is 7.60. The first kappa shape index (κ1) is 19.2. The molecule has 0 saturated heterocycles. The fraction of sp³-hybridized carbons (Fsp3) is 0.125. The number of nitrogens with one attached hydrogen (secondary N) is 2. The lowest BCUT2D eigenvalue weighted by molar-refractivity contribution is -0.385. The van der Waals surface area contributed by atoms with Crippen LogP contribution in [0.3, 0.4) is 0 Å². The lowest BCUT2D eigenvalue weighted by Gasteiger charge is -2.14. The van der Waals surface area contributed by atoms with Crippen molar-refractivity contribution in [2.24, 2.45) is 0 Å². The van der Waals surface area contributed by atoms with E-state index in [1.807, 2.05) is 0 Å². The third kappa shape index (κ3) is 4.70. The number of nitrogens with zero attached hydrogens (tertiary/aromatic N) is 1. The van der Waals surface area contributed by atoms with Crippen LogP contribution >= 0.6 is 12.2 Å². The summed E-state index contributed by atoms with van der Waals surface area (Å²) in [6.07, 6.45) is 0. The topological polar surface area (TPSA) is 93.5 Å². The highest BCUT2D eigenvalue weighted by Crippen LogP contribution is 2.25. The summed E-state index contributed by atoms with van der Waals surface area (Å²) in [5.41, 5.74) is 0.181. The average molecular weight is 381 g/mol. The van der Waals surface area contributed by atoms with Crippen molar-refractivity contribution >= 4 is 34.6 Å². The maximum absolute atomic E-state index is 12.4. The number of benzene rings is 2. The standard InChI is InChI=1S/C16H13F2N3O4S/c1-9-10(5-4-7-12(9)21(23)24)14(22)20-16(26)19-11-6-2-3-8-13(11)25-15(17)18/h2-8,15H,1H3,(H2,19,20,22,26). The largest absolute Gasteiger partial charge is 0.433 e. The summed E-state index contributed by atoms with van der Waals surface area (Å²) in [5.74, 6) is -0.818. The van der Waals surface area contributed by atoms with Gasteiger partial charge in [-0.15, -0.1) is 0 Å². The molecular formula is C16H13F2N3O4S. The number of thiocarbonyl (C=S) groups is 1. The van der Waals surface area contributed by atoms with E-state index in [-0.39, 0.29) is 33.4 Å². The smallest absolute Gasteiger partial charge is 0.387 e. The molecular weight excluding hydrogens is 368 g/mol. The molecule has 136 valence electrons. The number of amides is 1. The summed E-state index contributed by atoms with van der Waals surface area (Å²) in [6, 6.07) is 9.88. The van der Waals surface area contributed by atoms with Gasteiger partial charge in [0, 0.05) is 17.2 Å². The van der Waals surface area contributed by atoms with E-state index in [1.165, 1.54) is 43.3 Å². The summed E-state index contributed by atoms with van der Waals surface area (Å²) >= 11 is 4.99. The Hall–Kier alpha value is -3.14. The van der Waals surface area contributed by atoms with Gasteiger partial charge in [-0.2, -0.15) is 8.78 Å². The van der Waals surface area contributed by atoms with Gasteiger partial charge in [0.05, 0.1) is 10.6 Å². The number of rotatable bonds is 5. The average Bonchev–Trinajstić information content (AvgIpc) is 2.56. The number of alkyl halides is 2. The molecule has 2 rings (SSSR count). The first-order valence-electron chi connectivity index (χ1n) is 7.19. The molecule has 0 aliphatic heterocycles. The van der Waals surface area contributed by atoms with E-state index >= 15 is 0 Å². The van der Waals surface area contributed by atoms with Gasteiger partial charge < -0.3 is 10.1 Å². The maximum Gasteiger partial charge on any atom is 0.387 e. The van der Waals surface area contributed by atoms with Gasteiger partial charge in [0.15, 0.2) is 5.11 Å². The van der Waals surface area contributed by atoms with Crippen LogP contribution in [0.2, 0.25) is 0 Å². The van der Waals surface area contributed by atoms with Crippen molar-refractivity contribution in [2.45, 2.75) is 13.5 Å². The Labute approximate surface area is 152 Å². The quantitative estimate of drug-likeness (QED) is 0.467. The van der Waals surface area contributed by atoms with Crippen molar-refractivity contribution in [2.75, 3.05) is 5.32 Å². The highest BCUT2D eigenvalue weighted by Gasteiger charge is 2.19. The minimum absolute atomic E-state index is 0.0699. The lowest BCUT2D eigenvalue weighted by atomic mass is 10.1. The van der Waals surface area contributed by atoms with Gasteiger partial charge >= 0.3 is 6.61 Å². The normalized spacial score (nSPS) is 10.3. The second-order valence-electron chi connectivity index (χ2n) is 4.99. The van der Waals surface area contributed by atoms with E-state index in [0.29, 0.717) is 0 Å². The van der Waals surface area contributed by atoms with E-state index in [2.05, 4.69) is 15.4 Å². The molecule has 0 aromatic heterocycles. The Morgan fingerprint density at radius 3 is 2.58 bits per heavy atom. The minimum atomic E-state index is -3.02. The van der Waals surface area contributed by atoms with Crippen LogP contribution in [0.5, 0.6) is 5.75 Å². The molecule has 0 fully saturated rings. The van der Waals surface area contributed by atoms with E-state index in [0.717, 1.165) is 0 Å². The molecule has 0 unspecified atom stereocenters. The van der Waals surface area contributed by atoms with Gasteiger partial charge in [0.25, 0.3) is 11.6 Å². The number of para-hydroxylation sites is 2. The van der Waals surface area contributed by atoms with Crippen molar-refractivity contribution in [3.8, 4) is 5.75 Å². The third-order valence-electron chi connectivity index (χ3n) is 3.32. The van der Waals surface area contributed by atoms with Crippen LogP contribution in [0.25, 0.3) is 0 Å². The fourth-order valence-electron chi connectivity index (χ4n) is 2.16. The zero-order chi connectivity index (χ0) is 19.3. The van der Waals surface area contributed by atoms with Crippen molar-refractivity contribution in [3.63, 3.8) is 0 Å². The summed E-state index contributed by atoms with van der Waals surface area (Å²) in [7, 11) is 0. The Bertz CT molecular complexity index is 861. The van der Waals surface area contributed by atoms with E-state index in [9.17, 15) is 23.7 Å². The van der Waals surface area contributed by atoms with Gasteiger partial charge in [-0.25, -0.2) is 0 Å². The van der Waals surface area contributed by atoms with Crippen LogP contribution in [0, 0.1) is 17.0 Å². The number of nitro benzene ring substituents is 1. The summed E-state index contributed by atoms with van der Waals surface area (Å²) in [4.78, 5) is 22.6. The number of halogens is 2. The molecule has 0 bridgehead atoms. The van der Waals surface area contributed by atoms with Gasteiger partial charge in [-0.05, 0) is 37.3 Å². The Balaban J connectivity index is 2.13. The molecule has 2 aromatic rings. The zero-order valence-electron chi connectivity index (χ0n) is 13.4. The van der Waals surface area contributed by atoms with Crippen LogP contribution in [0.1, 0.15) is 15.9 Å². The van der Waals surface area contributed by atoms with Crippen LogP contribution in [0.15, 0.2) is 42.5 Å². The SMILES string of the molecule is Cc1c(C(=O)NC(=S)Nc2ccccc2OC(F)F)cccc1[N+](=O)[O-]. The molecule has 0 atom stereocenters. The summed E-state index contributed by atoms with van der Waals surface area (Å²) < 4.78 is 29.2. The first-order chi connectivity index (χ1) is 12.3. The molecule has 1 amide bonds. The highest BCUT2D eigenvalue weighted by molar-refractivity contribution is 7.80. The zero-order valence-corrected chi connectivity index (χ0v) is 14.2. The number of hydrogen-bond donors (Lipinski definition) is 2. The number of carbonyl (C=O) groups excluding carboxylic acids is 1. The number of carbonyl (C=O) groups is 1. The maximum atomic E-state index is 12.4. The molecule has 7 nitrogen and oxygen atoms in total. The summed E-state index contributed by atoms with van der Waals surface area (Å²) in [6.45, 7) is -1.58. The molecule has 0 radical (unpaired) electrons. The van der Waals surface area contributed by atoms with E-state index < -0.39 is 17.4 Å². The van der Waals surface area contributed by atoms with Gasteiger partial charge in [0.1, 0.15) is 5.75 Å². The highest BCUT2D eigenvalue weighted by atomic mass is 32.1. The molecule has 0 heterocycles. The molecule has 0 aliphatic rings. The Morgan fingerprint density at radius 2 is 1.92 bits per heavy atom. The van der Waals surface area contributed by atoms with Crippen LogP contribution in [-0.4, -0.2) is 22.6 Å². The number of anilines is 1. The van der Waals surface area contributed by atoms with Crippen LogP contribution in [-0.2, 0) is 0 Å². The number of nitro groups is 1. The van der Waals surface area contributed by atoms with E-state index in [4.69, 9.17) is 12.2 Å². The predicted octanol–water partition coefficient (Wildman–Crippen LogP) is 3.63. The van der Waals surface area contributed by atoms with Crippen molar-refractivity contribution in [1.29, 1.82) is 0 Å². The number of ether oxygens (including phenoxy) is 1. The van der Waals surface area contributed by atoms with Crippen molar-refractivity contribution < 1.29 is 23.2 Å². The second kappa shape index (κ2) is 8.30. The van der Waals surface area contributed by atoms with Crippen LogP contribution < -0.4 is 15.4 Å². The molecule has 2 aromatic carbocycles. The third-order valence-corrected chi connectivity index (χ3v) is 3.53. The fourth-order valence-corrected chi connectivity index (χ4v) is 2.36. The molecule has 0 aliphatic carbocycles. The Kier molecular flexibility index (Phi) is 6.12.